The van der Waals surface area contributed by atoms with E-state index in [9.17, 15) is 4.79 Å². The maximum Gasteiger partial charge on any atom is 0.252 e. The number of carbonyl (C=O) groups is 1. The lowest BCUT2D eigenvalue weighted by molar-refractivity contribution is 0.0951. The van der Waals surface area contributed by atoms with Crippen molar-refractivity contribution in [2.24, 2.45) is 5.92 Å². The van der Waals surface area contributed by atoms with Crippen LogP contribution in [0.25, 0.3) is 0 Å². The van der Waals surface area contributed by atoms with Crippen LogP contribution in [0.1, 0.15) is 41.8 Å². The second-order valence-electron chi connectivity index (χ2n) is 6.21. The van der Waals surface area contributed by atoms with Crippen LogP contribution in [0.3, 0.4) is 0 Å². The summed E-state index contributed by atoms with van der Waals surface area (Å²) in [7, 11) is 0. The van der Waals surface area contributed by atoms with Crippen molar-refractivity contribution >= 4 is 11.7 Å². The minimum atomic E-state index is -0.0663. The molecule has 0 bridgehead atoms. The van der Waals surface area contributed by atoms with Gasteiger partial charge in [-0.25, -0.2) is 4.98 Å². The molecule has 0 spiro atoms. The van der Waals surface area contributed by atoms with Gasteiger partial charge in [-0.3, -0.25) is 4.79 Å². The molecular weight excluding hydrogens is 286 g/mol. The normalized spacial score (nSPS) is 10.6. The minimum absolute atomic E-state index is 0.0663. The van der Waals surface area contributed by atoms with Crippen molar-refractivity contribution in [3.05, 3.63) is 59.3 Å². The predicted octanol–water partition coefficient (Wildman–Crippen LogP) is 3.78. The number of hydrogen-bond donors (Lipinski definition) is 2. The van der Waals surface area contributed by atoms with E-state index in [-0.39, 0.29) is 5.91 Å². The fourth-order valence-corrected chi connectivity index (χ4v) is 2.22. The highest BCUT2D eigenvalue weighted by molar-refractivity contribution is 5.94. The Labute approximate surface area is 138 Å². The average molecular weight is 311 g/mol. The molecule has 2 rings (SSSR count). The zero-order chi connectivity index (χ0) is 16.7. The van der Waals surface area contributed by atoms with Gasteiger partial charge in [-0.1, -0.05) is 43.7 Å². The third-order valence-corrected chi connectivity index (χ3v) is 3.59. The number of aromatic nitrogens is 1. The lowest BCUT2D eigenvalue weighted by atomic mass is 10.1. The van der Waals surface area contributed by atoms with E-state index in [2.05, 4.69) is 54.6 Å². The van der Waals surface area contributed by atoms with Gasteiger partial charge in [0, 0.05) is 19.3 Å². The van der Waals surface area contributed by atoms with Crippen LogP contribution in [0.15, 0.2) is 42.6 Å². The lowest BCUT2D eigenvalue weighted by Gasteiger charge is -2.09. The third kappa shape index (κ3) is 5.74. The van der Waals surface area contributed by atoms with E-state index >= 15 is 0 Å². The Bertz CT molecular complexity index is 635. The summed E-state index contributed by atoms with van der Waals surface area (Å²) >= 11 is 0. The van der Waals surface area contributed by atoms with Gasteiger partial charge in [0.15, 0.2) is 0 Å². The van der Waals surface area contributed by atoms with Gasteiger partial charge in [-0.2, -0.15) is 0 Å². The van der Waals surface area contributed by atoms with Gasteiger partial charge in [0.1, 0.15) is 5.82 Å². The summed E-state index contributed by atoms with van der Waals surface area (Å²) in [4.78, 5) is 16.3. The first-order chi connectivity index (χ1) is 11.0. The van der Waals surface area contributed by atoms with Crippen molar-refractivity contribution < 1.29 is 4.79 Å². The number of nitrogens with one attached hydrogen (secondary N) is 2. The zero-order valence-corrected chi connectivity index (χ0v) is 14.1. The van der Waals surface area contributed by atoms with Crippen molar-refractivity contribution in [3.63, 3.8) is 0 Å². The van der Waals surface area contributed by atoms with Crippen LogP contribution in [-0.2, 0) is 6.54 Å². The summed E-state index contributed by atoms with van der Waals surface area (Å²) in [6.45, 7) is 7.78. The van der Waals surface area contributed by atoms with Gasteiger partial charge in [0.2, 0.25) is 0 Å². The highest BCUT2D eigenvalue weighted by atomic mass is 16.1. The van der Waals surface area contributed by atoms with Gasteiger partial charge in [-0.05, 0) is 37.0 Å². The molecule has 1 aromatic carbocycles. The molecule has 0 fully saturated rings. The first-order valence-corrected chi connectivity index (χ1v) is 8.08. The zero-order valence-electron chi connectivity index (χ0n) is 14.1. The molecule has 2 N–H and O–H groups in total. The largest absolute Gasteiger partial charge is 0.366 e. The van der Waals surface area contributed by atoms with Crippen molar-refractivity contribution in [2.75, 3.05) is 11.9 Å². The van der Waals surface area contributed by atoms with E-state index in [1.54, 1.807) is 12.3 Å². The Balaban J connectivity index is 1.85. The summed E-state index contributed by atoms with van der Waals surface area (Å²) in [5.41, 5.74) is 3.04. The number of carbonyl (C=O) groups excluding carboxylic acids is 1. The number of anilines is 1. The molecule has 4 nitrogen and oxygen atoms in total. The van der Waals surface area contributed by atoms with Crippen LogP contribution >= 0.6 is 0 Å². The molecule has 0 aliphatic carbocycles. The molecule has 0 saturated carbocycles. The molecule has 1 amide bonds. The Kier molecular flexibility index (Phi) is 6.15. The van der Waals surface area contributed by atoms with E-state index < -0.39 is 0 Å². The summed E-state index contributed by atoms with van der Waals surface area (Å²) in [6.07, 6.45) is 2.60. The van der Waals surface area contributed by atoms with E-state index in [0.29, 0.717) is 24.6 Å². The van der Waals surface area contributed by atoms with Gasteiger partial charge in [-0.15, -0.1) is 0 Å². The van der Waals surface area contributed by atoms with Gasteiger partial charge in [0.25, 0.3) is 5.91 Å². The highest BCUT2D eigenvalue weighted by Crippen LogP contribution is 2.09. The minimum Gasteiger partial charge on any atom is -0.366 e. The van der Waals surface area contributed by atoms with Crippen molar-refractivity contribution in [3.8, 4) is 0 Å². The molecule has 2 aromatic rings. The Morgan fingerprint density at radius 2 is 2.04 bits per heavy atom. The van der Waals surface area contributed by atoms with E-state index in [4.69, 9.17) is 0 Å². The first-order valence-electron chi connectivity index (χ1n) is 8.08. The van der Waals surface area contributed by atoms with Crippen molar-refractivity contribution in [1.82, 2.24) is 10.3 Å². The average Bonchev–Trinajstić information content (AvgIpc) is 2.53. The highest BCUT2D eigenvalue weighted by Gasteiger charge is 2.06. The third-order valence-electron chi connectivity index (χ3n) is 3.59. The number of hydrogen-bond acceptors (Lipinski definition) is 3. The smallest absolute Gasteiger partial charge is 0.252 e. The van der Waals surface area contributed by atoms with Crippen LogP contribution in [0.2, 0.25) is 0 Å². The summed E-state index contributed by atoms with van der Waals surface area (Å²) < 4.78 is 0. The predicted molar refractivity (Wildman–Crippen MR) is 94.5 cm³/mol. The van der Waals surface area contributed by atoms with E-state index in [1.807, 2.05) is 12.1 Å². The van der Waals surface area contributed by atoms with Crippen LogP contribution in [0.4, 0.5) is 5.82 Å². The first kappa shape index (κ1) is 17.0. The molecule has 4 heteroatoms. The fraction of sp³-hybridized carbons (Fsp3) is 0.368. The maximum absolute atomic E-state index is 12.0. The molecule has 0 aliphatic heterocycles. The van der Waals surface area contributed by atoms with Crippen LogP contribution in [-0.4, -0.2) is 17.4 Å². The van der Waals surface area contributed by atoms with Crippen LogP contribution in [0, 0.1) is 12.8 Å². The molecule has 0 aliphatic rings. The van der Waals surface area contributed by atoms with Gasteiger partial charge >= 0.3 is 0 Å². The Morgan fingerprint density at radius 1 is 1.22 bits per heavy atom. The summed E-state index contributed by atoms with van der Waals surface area (Å²) in [6, 6.07) is 12.0. The molecule has 23 heavy (non-hydrogen) atoms. The Hall–Kier alpha value is -2.36. The second-order valence-corrected chi connectivity index (χ2v) is 6.21. The molecule has 122 valence electrons. The van der Waals surface area contributed by atoms with Crippen LogP contribution < -0.4 is 10.6 Å². The number of aryl methyl sites for hydroxylation is 1. The quantitative estimate of drug-likeness (QED) is 0.818. The fourth-order valence-electron chi connectivity index (χ4n) is 2.22. The van der Waals surface area contributed by atoms with Crippen molar-refractivity contribution in [1.29, 1.82) is 0 Å². The molecule has 0 unspecified atom stereocenters. The number of benzene rings is 1. The number of pyridine rings is 1. The molecule has 1 heterocycles. The van der Waals surface area contributed by atoms with E-state index in [1.165, 1.54) is 11.1 Å². The topological polar surface area (TPSA) is 54.0 Å². The second kappa shape index (κ2) is 8.32. The SMILES string of the molecule is Cc1cccc(CNc2ccc(C(=O)NCCC(C)C)cn2)c1. The molecule has 0 saturated heterocycles. The molecule has 0 radical (unpaired) electrons. The number of amides is 1. The monoisotopic (exact) mass is 311 g/mol. The van der Waals surface area contributed by atoms with Gasteiger partial charge in [0.05, 0.1) is 5.56 Å². The number of nitrogens with zero attached hydrogens (tertiary/aromatic N) is 1. The Morgan fingerprint density at radius 3 is 2.70 bits per heavy atom. The van der Waals surface area contributed by atoms with E-state index in [0.717, 1.165) is 12.2 Å². The molecule has 0 atom stereocenters. The molecule has 1 aromatic heterocycles. The molecular formula is C19H25N3O. The lowest BCUT2D eigenvalue weighted by Crippen LogP contribution is -2.25. The van der Waals surface area contributed by atoms with Gasteiger partial charge < -0.3 is 10.6 Å². The summed E-state index contributed by atoms with van der Waals surface area (Å²) in [5.74, 6) is 1.29. The summed E-state index contributed by atoms with van der Waals surface area (Å²) in [5, 5.41) is 6.18. The van der Waals surface area contributed by atoms with Crippen LogP contribution in [0.5, 0.6) is 0 Å². The maximum atomic E-state index is 12.0. The standard InChI is InChI=1S/C19H25N3O/c1-14(2)9-10-20-19(23)17-7-8-18(22-13-17)21-12-16-6-4-5-15(3)11-16/h4-8,11,13-14H,9-10,12H2,1-3H3,(H,20,23)(H,21,22). The number of rotatable bonds is 7. The van der Waals surface area contributed by atoms with Crippen molar-refractivity contribution in [2.45, 2.75) is 33.7 Å².